The summed E-state index contributed by atoms with van der Waals surface area (Å²) in [5.41, 5.74) is 10.7. The Kier molecular flexibility index (Phi) is 7.07. The molecule has 2 heteroatoms. The van der Waals surface area contributed by atoms with Gasteiger partial charge in [-0.1, -0.05) is 140 Å². The molecule has 0 saturated heterocycles. The SMILES string of the molecule is c1ccc(N(c2ccc(-c3ccc(-c4ccc5ccccc5c4)cc3)cc2)c2ccccc2-c2ccc3c(c2)sc2ccccc23)cc1. The van der Waals surface area contributed by atoms with Crippen LogP contribution in [-0.2, 0) is 0 Å². The summed E-state index contributed by atoms with van der Waals surface area (Å²) in [5, 5.41) is 5.17. The highest BCUT2D eigenvalue weighted by atomic mass is 32.1. The molecule has 0 unspecified atom stereocenters. The van der Waals surface area contributed by atoms with Gasteiger partial charge in [0.2, 0.25) is 0 Å². The molecule has 0 radical (unpaired) electrons. The second-order valence-electron chi connectivity index (χ2n) is 12.2. The number of nitrogens with zero attached hydrogens (tertiary/aromatic N) is 1. The van der Waals surface area contributed by atoms with E-state index in [1.807, 2.05) is 11.3 Å². The second kappa shape index (κ2) is 12.0. The van der Waals surface area contributed by atoms with Gasteiger partial charge in [-0.2, -0.15) is 0 Å². The third-order valence-corrected chi connectivity index (χ3v) is 10.4. The van der Waals surface area contributed by atoms with Crippen LogP contribution in [0.3, 0.4) is 0 Å². The van der Waals surface area contributed by atoms with Crippen molar-refractivity contribution in [3.8, 4) is 33.4 Å². The van der Waals surface area contributed by atoms with Crippen molar-refractivity contribution in [2.45, 2.75) is 0 Å². The predicted octanol–water partition coefficient (Wildman–Crippen LogP) is 13.7. The van der Waals surface area contributed by atoms with Crippen molar-refractivity contribution in [3.63, 3.8) is 0 Å². The van der Waals surface area contributed by atoms with E-state index in [-0.39, 0.29) is 0 Å². The van der Waals surface area contributed by atoms with Gasteiger partial charge in [0.1, 0.15) is 0 Å². The number of hydrogen-bond donors (Lipinski definition) is 0. The molecule has 0 aliphatic carbocycles. The summed E-state index contributed by atoms with van der Waals surface area (Å²) in [4.78, 5) is 2.37. The van der Waals surface area contributed by atoms with E-state index in [0.29, 0.717) is 0 Å². The predicted molar refractivity (Wildman–Crippen MR) is 208 cm³/mol. The van der Waals surface area contributed by atoms with E-state index in [2.05, 4.69) is 193 Å². The van der Waals surface area contributed by atoms with Gasteiger partial charge < -0.3 is 4.90 Å². The van der Waals surface area contributed by atoms with Crippen LogP contribution < -0.4 is 4.90 Å². The van der Waals surface area contributed by atoms with Crippen LogP contribution in [-0.4, -0.2) is 0 Å². The van der Waals surface area contributed by atoms with E-state index in [9.17, 15) is 0 Å². The number of hydrogen-bond acceptors (Lipinski definition) is 2. The zero-order valence-electron chi connectivity index (χ0n) is 26.3. The highest BCUT2D eigenvalue weighted by molar-refractivity contribution is 7.25. The molecule has 0 spiro atoms. The molecule has 226 valence electrons. The molecule has 0 aliphatic rings. The molecule has 0 saturated carbocycles. The van der Waals surface area contributed by atoms with E-state index < -0.39 is 0 Å². The van der Waals surface area contributed by atoms with Crippen LogP contribution in [0.4, 0.5) is 17.1 Å². The summed E-state index contributed by atoms with van der Waals surface area (Å²) >= 11 is 1.86. The quantitative estimate of drug-likeness (QED) is 0.177. The van der Waals surface area contributed by atoms with Crippen LogP contribution in [0.15, 0.2) is 188 Å². The van der Waals surface area contributed by atoms with Gasteiger partial charge in [-0.3, -0.25) is 0 Å². The average Bonchev–Trinajstić information content (AvgIpc) is 3.54. The standard InChI is InChI=1S/C46H31NS/c1-2-12-39(13-3-1)47(44-16-8-6-14-41(44)38-26-29-43-42-15-7-9-17-45(42)48-46(43)31-38)40-27-24-34(25-28-40)33-18-20-35(21-19-33)37-23-22-32-10-4-5-11-36(32)30-37/h1-31H. The summed E-state index contributed by atoms with van der Waals surface area (Å²) in [7, 11) is 0. The maximum absolute atomic E-state index is 2.37. The lowest BCUT2D eigenvalue weighted by Gasteiger charge is -2.28. The van der Waals surface area contributed by atoms with Crippen LogP contribution >= 0.6 is 11.3 Å². The molecule has 48 heavy (non-hydrogen) atoms. The minimum atomic E-state index is 1.12. The van der Waals surface area contributed by atoms with Gasteiger partial charge in [-0.05, 0) is 87.1 Å². The molecular formula is C46H31NS. The Morgan fingerprint density at radius 2 is 0.896 bits per heavy atom. The third kappa shape index (κ3) is 5.13. The number of para-hydroxylation sites is 2. The monoisotopic (exact) mass is 629 g/mol. The van der Waals surface area contributed by atoms with E-state index >= 15 is 0 Å². The molecular weight excluding hydrogens is 599 g/mol. The topological polar surface area (TPSA) is 3.24 Å². The highest BCUT2D eigenvalue weighted by Gasteiger charge is 2.18. The molecule has 8 aromatic carbocycles. The Balaban J connectivity index is 1.07. The third-order valence-electron chi connectivity index (χ3n) is 9.28. The molecule has 1 nitrogen and oxygen atoms in total. The van der Waals surface area contributed by atoms with Crippen molar-refractivity contribution < 1.29 is 0 Å². The van der Waals surface area contributed by atoms with Gasteiger partial charge in [0.05, 0.1) is 5.69 Å². The lowest BCUT2D eigenvalue weighted by molar-refractivity contribution is 1.28. The van der Waals surface area contributed by atoms with Crippen molar-refractivity contribution >= 4 is 59.3 Å². The van der Waals surface area contributed by atoms with Gasteiger partial charge in [0, 0.05) is 37.1 Å². The Hall–Kier alpha value is -5.96. The second-order valence-corrected chi connectivity index (χ2v) is 13.3. The minimum absolute atomic E-state index is 1.12. The zero-order chi connectivity index (χ0) is 31.9. The number of fused-ring (bicyclic) bond motifs is 4. The Bertz CT molecular complexity index is 2540. The van der Waals surface area contributed by atoms with Crippen LogP contribution in [0.1, 0.15) is 0 Å². The molecule has 0 bridgehead atoms. The number of anilines is 3. The Morgan fingerprint density at radius 3 is 1.71 bits per heavy atom. The molecule has 0 atom stereocenters. The lowest BCUT2D eigenvalue weighted by atomic mass is 9.98. The first-order valence-corrected chi connectivity index (χ1v) is 17.2. The van der Waals surface area contributed by atoms with Crippen LogP contribution in [0.25, 0.3) is 64.3 Å². The first-order valence-electron chi connectivity index (χ1n) is 16.3. The van der Waals surface area contributed by atoms with Gasteiger partial charge in [-0.25, -0.2) is 0 Å². The highest BCUT2D eigenvalue weighted by Crippen LogP contribution is 2.43. The van der Waals surface area contributed by atoms with Gasteiger partial charge >= 0.3 is 0 Å². The zero-order valence-corrected chi connectivity index (χ0v) is 27.1. The fraction of sp³-hybridized carbons (Fsp3) is 0. The number of rotatable bonds is 6. The molecule has 0 N–H and O–H groups in total. The van der Waals surface area contributed by atoms with Crippen molar-refractivity contribution in [3.05, 3.63) is 188 Å². The maximum Gasteiger partial charge on any atom is 0.0540 e. The van der Waals surface area contributed by atoms with Gasteiger partial charge in [-0.15, -0.1) is 11.3 Å². The summed E-state index contributed by atoms with van der Waals surface area (Å²) in [6.07, 6.45) is 0. The maximum atomic E-state index is 2.37. The number of thiophene rings is 1. The van der Waals surface area contributed by atoms with E-state index in [0.717, 1.165) is 17.1 Å². The van der Waals surface area contributed by atoms with Gasteiger partial charge in [0.15, 0.2) is 0 Å². The largest absolute Gasteiger partial charge is 0.310 e. The summed E-state index contributed by atoms with van der Waals surface area (Å²) in [6.45, 7) is 0. The van der Waals surface area contributed by atoms with Gasteiger partial charge in [0.25, 0.3) is 0 Å². The summed E-state index contributed by atoms with van der Waals surface area (Å²) < 4.78 is 2.64. The first-order chi connectivity index (χ1) is 23.8. The van der Waals surface area contributed by atoms with E-state index in [1.54, 1.807) is 0 Å². The minimum Gasteiger partial charge on any atom is -0.310 e. The summed E-state index contributed by atoms with van der Waals surface area (Å²) in [6, 6.07) is 68.1. The van der Waals surface area contributed by atoms with Crippen molar-refractivity contribution in [2.24, 2.45) is 0 Å². The van der Waals surface area contributed by atoms with Crippen LogP contribution in [0.2, 0.25) is 0 Å². The Morgan fingerprint density at radius 1 is 0.333 bits per heavy atom. The van der Waals surface area contributed by atoms with E-state index in [1.165, 1.54) is 64.3 Å². The average molecular weight is 630 g/mol. The molecule has 1 heterocycles. The summed E-state index contributed by atoms with van der Waals surface area (Å²) in [5.74, 6) is 0. The van der Waals surface area contributed by atoms with Crippen molar-refractivity contribution in [1.82, 2.24) is 0 Å². The molecule has 1 aromatic heterocycles. The van der Waals surface area contributed by atoms with Crippen LogP contribution in [0, 0.1) is 0 Å². The molecule has 9 rings (SSSR count). The smallest absolute Gasteiger partial charge is 0.0540 e. The Labute approximate surface area is 284 Å². The molecule has 0 amide bonds. The normalized spacial score (nSPS) is 11.3. The molecule has 0 aliphatic heterocycles. The fourth-order valence-corrected chi connectivity index (χ4v) is 7.98. The fourth-order valence-electron chi connectivity index (χ4n) is 6.84. The van der Waals surface area contributed by atoms with E-state index in [4.69, 9.17) is 0 Å². The number of benzene rings is 8. The van der Waals surface area contributed by atoms with Crippen LogP contribution in [0.5, 0.6) is 0 Å². The first kappa shape index (κ1) is 28.3. The lowest BCUT2D eigenvalue weighted by Crippen LogP contribution is -2.11. The molecule has 9 aromatic rings. The molecule has 0 fully saturated rings. The van der Waals surface area contributed by atoms with Crippen molar-refractivity contribution in [1.29, 1.82) is 0 Å². The van der Waals surface area contributed by atoms with Crippen molar-refractivity contribution in [2.75, 3.05) is 4.90 Å².